The predicted molar refractivity (Wildman–Crippen MR) is 80.3 cm³/mol. The van der Waals surface area contributed by atoms with E-state index in [1.165, 1.54) is 19.5 Å². The summed E-state index contributed by atoms with van der Waals surface area (Å²) in [6.07, 6.45) is 5.97. The number of hydrogen-bond donors (Lipinski definition) is 1. The van der Waals surface area contributed by atoms with Gasteiger partial charge in [-0.25, -0.2) is 4.98 Å². The van der Waals surface area contributed by atoms with Crippen molar-refractivity contribution in [1.82, 2.24) is 19.6 Å². The number of fused-ring (bicyclic) bond motifs is 3. The molecule has 5 heteroatoms. The smallest absolute Gasteiger partial charge is 0.271 e. The summed E-state index contributed by atoms with van der Waals surface area (Å²) in [5.41, 5.74) is 2.63. The van der Waals surface area contributed by atoms with Crippen molar-refractivity contribution in [3.63, 3.8) is 0 Å². The predicted octanol–water partition coefficient (Wildman–Crippen LogP) is 1.47. The molecule has 2 aromatic rings. The molecule has 2 aliphatic heterocycles. The van der Waals surface area contributed by atoms with Crippen molar-refractivity contribution in [2.45, 2.75) is 25.8 Å². The van der Waals surface area contributed by atoms with Gasteiger partial charge in [0.1, 0.15) is 5.69 Å². The van der Waals surface area contributed by atoms with E-state index in [1.54, 1.807) is 6.20 Å². The molecule has 21 heavy (non-hydrogen) atoms. The summed E-state index contributed by atoms with van der Waals surface area (Å²) in [5.74, 6) is 0.698. The van der Waals surface area contributed by atoms with Gasteiger partial charge in [-0.1, -0.05) is 0 Å². The van der Waals surface area contributed by atoms with Crippen LogP contribution in [0.25, 0.3) is 5.52 Å². The minimum Gasteiger partial charge on any atom is -0.347 e. The lowest BCUT2D eigenvalue weighted by molar-refractivity contribution is 0.0904. The zero-order valence-electron chi connectivity index (χ0n) is 12.2. The molecule has 4 rings (SSSR count). The summed E-state index contributed by atoms with van der Waals surface area (Å²) < 4.78 is 2.01. The van der Waals surface area contributed by atoms with Gasteiger partial charge < -0.3 is 14.6 Å². The lowest BCUT2D eigenvalue weighted by Gasteiger charge is -2.30. The van der Waals surface area contributed by atoms with E-state index in [4.69, 9.17) is 0 Å². The summed E-state index contributed by atoms with van der Waals surface area (Å²) in [7, 11) is 0. The summed E-state index contributed by atoms with van der Waals surface area (Å²) in [6, 6.07) is 4.31. The molecule has 110 valence electrons. The first-order chi connectivity index (χ1) is 10.2. The van der Waals surface area contributed by atoms with Crippen LogP contribution in [0.1, 0.15) is 29.0 Å². The van der Waals surface area contributed by atoms with Gasteiger partial charge in [-0.05, 0) is 44.4 Å². The fraction of sp³-hybridized carbons (Fsp3) is 0.500. The molecule has 0 aliphatic carbocycles. The molecule has 4 heterocycles. The molecular formula is C16H20N4O. The molecule has 1 N–H and O–H groups in total. The lowest BCUT2D eigenvalue weighted by Crippen LogP contribution is -2.47. The van der Waals surface area contributed by atoms with Crippen LogP contribution in [0.2, 0.25) is 0 Å². The van der Waals surface area contributed by atoms with E-state index in [0.717, 1.165) is 30.1 Å². The van der Waals surface area contributed by atoms with E-state index in [9.17, 15) is 4.79 Å². The third kappa shape index (κ3) is 2.31. The van der Waals surface area contributed by atoms with Gasteiger partial charge in [0.15, 0.2) is 0 Å². The summed E-state index contributed by atoms with van der Waals surface area (Å²) in [6.45, 7) is 5.40. The molecule has 5 nitrogen and oxygen atoms in total. The van der Waals surface area contributed by atoms with Crippen LogP contribution in [0.5, 0.6) is 0 Å². The number of piperidine rings is 1. The number of rotatable bonds is 2. The minimum absolute atomic E-state index is 0.0579. The SMILES string of the molecule is Cc1ccc2cnc(C(=O)N[C@@H]3C[C@H]4CCN(C4)C3)cn12. The minimum atomic E-state index is -0.0579. The first-order valence-electron chi connectivity index (χ1n) is 7.66. The Morgan fingerprint density at radius 1 is 1.38 bits per heavy atom. The largest absolute Gasteiger partial charge is 0.347 e. The van der Waals surface area contributed by atoms with Crippen LogP contribution in [-0.2, 0) is 0 Å². The standard InChI is InChI=1S/C16H20N4O/c1-11-2-3-14-7-17-15(10-20(11)14)16(21)18-13-6-12-4-5-19(8-12)9-13/h2-3,7,10,12-13H,4-6,8-9H2,1H3,(H,18,21)/t12-,13-/m1/s1. The van der Waals surface area contributed by atoms with Crippen LogP contribution in [0.3, 0.4) is 0 Å². The monoisotopic (exact) mass is 284 g/mol. The highest BCUT2D eigenvalue weighted by atomic mass is 16.2. The molecule has 0 radical (unpaired) electrons. The molecule has 0 aromatic carbocycles. The topological polar surface area (TPSA) is 49.6 Å². The second-order valence-corrected chi connectivity index (χ2v) is 6.36. The number of amides is 1. The number of nitrogens with one attached hydrogen (secondary N) is 1. The molecule has 0 spiro atoms. The van der Waals surface area contributed by atoms with E-state index in [2.05, 4.69) is 15.2 Å². The Morgan fingerprint density at radius 3 is 3.14 bits per heavy atom. The second-order valence-electron chi connectivity index (χ2n) is 6.36. The Kier molecular flexibility index (Phi) is 2.96. The lowest BCUT2D eigenvalue weighted by atomic mass is 9.97. The summed E-state index contributed by atoms with van der Waals surface area (Å²) in [4.78, 5) is 19.2. The number of hydrogen-bond acceptors (Lipinski definition) is 3. The highest BCUT2D eigenvalue weighted by Gasteiger charge is 2.33. The van der Waals surface area contributed by atoms with Gasteiger partial charge in [0, 0.05) is 31.0 Å². The Morgan fingerprint density at radius 2 is 2.29 bits per heavy atom. The van der Waals surface area contributed by atoms with E-state index < -0.39 is 0 Å². The fourth-order valence-electron chi connectivity index (χ4n) is 3.68. The van der Waals surface area contributed by atoms with Crippen LogP contribution in [0, 0.1) is 12.8 Å². The van der Waals surface area contributed by atoms with Crippen molar-refractivity contribution in [3.05, 3.63) is 35.9 Å². The molecule has 2 fully saturated rings. The van der Waals surface area contributed by atoms with Gasteiger partial charge in [-0.2, -0.15) is 0 Å². The van der Waals surface area contributed by atoms with Gasteiger partial charge >= 0.3 is 0 Å². The van der Waals surface area contributed by atoms with E-state index in [0.29, 0.717) is 5.69 Å². The summed E-state index contributed by atoms with van der Waals surface area (Å²) in [5, 5.41) is 3.16. The van der Waals surface area contributed by atoms with Gasteiger partial charge in [-0.15, -0.1) is 0 Å². The van der Waals surface area contributed by atoms with Crippen molar-refractivity contribution < 1.29 is 4.79 Å². The first-order valence-corrected chi connectivity index (χ1v) is 7.66. The van der Waals surface area contributed by atoms with E-state index in [1.807, 2.05) is 29.7 Å². The van der Waals surface area contributed by atoms with Gasteiger partial charge in [-0.3, -0.25) is 4.79 Å². The maximum atomic E-state index is 12.4. The average Bonchev–Trinajstić information content (AvgIpc) is 3.02. The normalized spacial score (nSPS) is 28.0. The zero-order valence-corrected chi connectivity index (χ0v) is 12.2. The average molecular weight is 284 g/mol. The van der Waals surface area contributed by atoms with Crippen molar-refractivity contribution in [2.24, 2.45) is 5.92 Å². The van der Waals surface area contributed by atoms with Gasteiger partial charge in [0.05, 0.1) is 11.7 Å². The number of nitrogens with zero attached hydrogens (tertiary/aromatic N) is 3. The molecule has 0 saturated carbocycles. The summed E-state index contributed by atoms with van der Waals surface area (Å²) >= 11 is 0. The van der Waals surface area contributed by atoms with Crippen molar-refractivity contribution in [1.29, 1.82) is 0 Å². The van der Waals surface area contributed by atoms with Crippen molar-refractivity contribution in [3.8, 4) is 0 Å². The number of carbonyl (C=O) groups excluding carboxylic acids is 1. The molecule has 2 bridgehead atoms. The Hall–Kier alpha value is -1.88. The van der Waals surface area contributed by atoms with Crippen LogP contribution < -0.4 is 5.32 Å². The van der Waals surface area contributed by atoms with E-state index >= 15 is 0 Å². The highest BCUT2D eigenvalue weighted by Crippen LogP contribution is 2.26. The van der Waals surface area contributed by atoms with Crippen LogP contribution in [0.4, 0.5) is 0 Å². The number of carbonyl (C=O) groups is 1. The molecule has 2 aliphatic rings. The van der Waals surface area contributed by atoms with Crippen molar-refractivity contribution >= 4 is 11.4 Å². The highest BCUT2D eigenvalue weighted by molar-refractivity contribution is 5.92. The Bertz CT molecular complexity index is 681. The Labute approximate surface area is 124 Å². The number of aryl methyl sites for hydroxylation is 1. The Balaban J connectivity index is 1.52. The maximum absolute atomic E-state index is 12.4. The molecule has 2 saturated heterocycles. The van der Waals surface area contributed by atoms with Crippen molar-refractivity contribution in [2.75, 3.05) is 19.6 Å². The van der Waals surface area contributed by atoms with Gasteiger partial charge in [0.25, 0.3) is 5.91 Å². The molecule has 1 unspecified atom stereocenters. The maximum Gasteiger partial charge on any atom is 0.271 e. The van der Waals surface area contributed by atoms with Crippen LogP contribution in [0.15, 0.2) is 24.5 Å². The fourth-order valence-corrected chi connectivity index (χ4v) is 3.68. The first kappa shape index (κ1) is 12.8. The third-order valence-electron chi connectivity index (χ3n) is 4.78. The molecule has 2 aromatic heterocycles. The second kappa shape index (κ2) is 4.84. The third-order valence-corrected chi connectivity index (χ3v) is 4.78. The molecular weight excluding hydrogens is 264 g/mol. The van der Waals surface area contributed by atoms with Crippen LogP contribution >= 0.6 is 0 Å². The quantitative estimate of drug-likeness (QED) is 0.908. The number of aromatic nitrogens is 2. The zero-order chi connectivity index (χ0) is 14.4. The molecule has 3 atom stereocenters. The van der Waals surface area contributed by atoms with E-state index in [-0.39, 0.29) is 11.9 Å². The van der Waals surface area contributed by atoms with Gasteiger partial charge in [0.2, 0.25) is 0 Å². The molecule has 1 amide bonds. The van der Waals surface area contributed by atoms with Crippen LogP contribution in [-0.4, -0.2) is 45.9 Å².